The summed E-state index contributed by atoms with van der Waals surface area (Å²) in [5.41, 5.74) is 9.62. The van der Waals surface area contributed by atoms with Crippen LogP contribution in [-0.2, 0) is 4.79 Å². The second-order valence-electron chi connectivity index (χ2n) is 8.13. The highest BCUT2D eigenvalue weighted by Crippen LogP contribution is 2.32. The minimum Gasteiger partial charge on any atom is -0.336 e. The summed E-state index contributed by atoms with van der Waals surface area (Å²) < 4.78 is 0. The smallest absolute Gasteiger partial charge is 0.255 e. The first-order chi connectivity index (χ1) is 15.6. The van der Waals surface area contributed by atoms with E-state index < -0.39 is 6.04 Å². The fourth-order valence-electron chi connectivity index (χ4n) is 4.20. The van der Waals surface area contributed by atoms with Crippen molar-refractivity contribution in [3.8, 4) is 0 Å². The molecule has 164 valence electrons. The summed E-state index contributed by atoms with van der Waals surface area (Å²) in [5, 5.41) is 2.83. The van der Waals surface area contributed by atoms with E-state index in [0.29, 0.717) is 11.3 Å². The van der Waals surface area contributed by atoms with E-state index in [1.807, 2.05) is 35.2 Å². The van der Waals surface area contributed by atoms with Gasteiger partial charge in [0.05, 0.1) is 6.04 Å². The lowest BCUT2D eigenvalue weighted by Crippen LogP contribution is -2.39. The van der Waals surface area contributed by atoms with Crippen molar-refractivity contribution < 1.29 is 9.59 Å². The van der Waals surface area contributed by atoms with Crippen LogP contribution >= 0.6 is 0 Å². The fraction of sp³-hybridized carbons (Fsp3) is 0.269. The first-order valence-electron chi connectivity index (χ1n) is 11.0. The molecular formula is C26H28N4O2. The van der Waals surface area contributed by atoms with Crippen LogP contribution in [0.25, 0.3) is 0 Å². The molecule has 4 rings (SSSR count). The Balaban J connectivity index is 1.39. The van der Waals surface area contributed by atoms with Crippen molar-refractivity contribution >= 4 is 17.5 Å². The molecule has 1 aliphatic heterocycles. The number of carbonyl (C=O) groups is 2. The lowest BCUT2D eigenvalue weighted by Gasteiger charge is -2.36. The Labute approximate surface area is 188 Å². The monoisotopic (exact) mass is 428 g/mol. The predicted molar refractivity (Wildman–Crippen MR) is 125 cm³/mol. The van der Waals surface area contributed by atoms with Crippen molar-refractivity contribution in [3.05, 3.63) is 95.8 Å². The molecule has 2 unspecified atom stereocenters. The quantitative estimate of drug-likeness (QED) is 0.606. The Bertz CT molecular complexity index is 1040. The maximum Gasteiger partial charge on any atom is 0.255 e. The van der Waals surface area contributed by atoms with Gasteiger partial charge in [0, 0.05) is 42.7 Å². The van der Waals surface area contributed by atoms with Gasteiger partial charge in [0.1, 0.15) is 0 Å². The molecule has 6 heteroatoms. The number of amides is 2. The molecule has 2 atom stereocenters. The zero-order valence-electron chi connectivity index (χ0n) is 18.0. The highest BCUT2D eigenvalue weighted by Gasteiger charge is 2.28. The largest absolute Gasteiger partial charge is 0.336 e. The lowest BCUT2D eigenvalue weighted by molar-refractivity contribution is -0.135. The number of benzene rings is 2. The summed E-state index contributed by atoms with van der Waals surface area (Å²) in [7, 11) is 0. The van der Waals surface area contributed by atoms with Gasteiger partial charge in [-0.25, -0.2) is 0 Å². The molecule has 0 radical (unpaired) electrons. The third kappa shape index (κ3) is 5.21. The molecular weight excluding hydrogens is 400 g/mol. The van der Waals surface area contributed by atoms with Gasteiger partial charge in [0.2, 0.25) is 5.91 Å². The molecule has 0 aliphatic carbocycles. The minimum absolute atomic E-state index is 0.0746. The van der Waals surface area contributed by atoms with E-state index in [1.165, 1.54) is 5.56 Å². The molecule has 3 N–H and O–H groups in total. The summed E-state index contributed by atoms with van der Waals surface area (Å²) in [5.74, 6) is -0.128. The Morgan fingerprint density at radius 1 is 1.00 bits per heavy atom. The average molecular weight is 429 g/mol. The molecule has 1 aliphatic rings. The number of rotatable bonds is 6. The topological polar surface area (TPSA) is 88.3 Å². The zero-order chi connectivity index (χ0) is 22.3. The maximum atomic E-state index is 13.1. The summed E-state index contributed by atoms with van der Waals surface area (Å²) >= 11 is 0. The molecule has 1 fully saturated rings. The number of nitrogens with zero attached hydrogens (tertiary/aromatic N) is 2. The standard InChI is InChI=1S/C26H28N4O2/c27-23(18-25(31)30-17-5-4-8-24(30)20-6-2-1-3-7-20)19-9-11-21(12-10-19)26(32)29-22-13-15-28-16-14-22/h1-3,6-7,9-16,23-24H,4-5,8,17-18,27H2,(H,28,29,32). The first kappa shape index (κ1) is 21.7. The minimum atomic E-state index is -0.418. The van der Waals surface area contributed by atoms with Gasteiger partial charge in [0.25, 0.3) is 5.91 Å². The summed E-state index contributed by atoms with van der Waals surface area (Å²) in [4.78, 5) is 31.5. The number of carbonyl (C=O) groups excluding carboxylic acids is 2. The normalized spacial score (nSPS) is 16.9. The van der Waals surface area contributed by atoms with Gasteiger partial charge in [-0.1, -0.05) is 42.5 Å². The van der Waals surface area contributed by atoms with E-state index in [1.54, 1.807) is 36.7 Å². The van der Waals surface area contributed by atoms with Crippen LogP contribution in [0.2, 0.25) is 0 Å². The molecule has 0 bridgehead atoms. The third-order valence-electron chi connectivity index (χ3n) is 5.94. The molecule has 1 saturated heterocycles. The van der Waals surface area contributed by atoms with Crippen molar-refractivity contribution in [1.82, 2.24) is 9.88 Å². The molecule has 6 nitrogen and oxygen atoms in total. The van der Waals surface area contributed by atoms with Crippen molar-refractivity contribution in [3.63, 3.8) is 0 Å². The SMILES string of the molecule is NC(CC(=O)N1CCCCC1c1ccccc1)c1ccc(C(=O)Nc2ccncc2)cc1. The Kier molecular flexibility index (Phi) is 6.92. The summed E-state index contributed by atoms with van der Waals surface area (Å²) in [6.45, 7) is 0.763. The molecule has 3 aromatic rings. The zero-order valence-corrected chi connectivity index (χ0v) is 18.0. The molecule has 32 heavy (non-hydrogen) atoms. The van der Waals surface area contributed by atoms with E-state index in [9.17, 15) is 9.59 Å². The van der Waals surface area contributed by atoms with Gasteiger partial charge in [-0.3, -0.25) is 14.6 Å². The van der Waals surface area contributed by atoms with Crippen molar-refractivity contribution in [2.75, 3.05) is 11.9 Å². The van der Waals surface area contributed by atoms with Crippen LogP contribution in [0.5, 0.6) is 0 Å². The van der Waals surface area contributed by atoms with E-state index in [2.05, 4.69) is 22.4 Å². The van der Waals surface area contributed by atoms with Gasteiger partial charge < -0.3 is 16.0 Å². The summed E-state index contributed by atoms with van der Waals surface area (Å²) in [6, 6.07) is 20.5. The van der Waals surface area contributed by atoms with Gasteiger partial charge in [-0.15, -0.1) is 0 Å². The van der Waals surface area contributed by atoms with E-state index >= 15 is 0 Å². The Morgan fingerprint density at radius 2 is 1.72 bits per heavy atom. The number of likely N-dealkylation sites (tertiary alicyclic amines) is 1. The first-order valence-corrected chi connectivity index (χ1v) is 11.0. The number of hydrogen-bond donors (Lipinski definition) is 2. The van der Waals surface area contributed by atoms with Crippen molar-refractivity contribution in [2.24, 2.45) is 5.73 Å². The highest BCUT2D eigenvalue weighted by molar-refractivity contribution is 6.04. The second-order valence-corrected chi connectivity index (χ2v) is 8.13. The van der Waals surface area contributed by atoms with Gasteiger partial charge in [-0.05, 0) is 54.7 Å². The highest BCUT2D eigenvalue weighted by atomic mass is 16.2. The van der Waals surface area contributed by atoms with E-state index in [-0.39, 0.29) is 24.3 Å². The summed E-state index contributed by atoms with van der Waals surface area (Å²) in [6.07, 6.45) is 6.61. The van der Waals surface area contributed by atoms with Gasteiger partial charge >= 0.3 is 0 Å². The number of piperidine rings is 1. The van der Waals surface area contributed by atoms with Crippen LogP contribution in [0.3, 0.4) is 0 Å². The fourth-order valence-corrected chi connectivity index (χ4v) is 4.20. The van der Waals surface area contributed by atoms with Crippen LogP contribution in [0.1, 0.15) is 59.3 Å². The molecule has 2 aromatic carbocycles. The number of hydrogen-bond acceptors (Lipinski definition) is 4. The number of pyridine rings is 1. The molecule has 2 amide bonds. The van der Waals surface area contributed by atoms with Gasteiger partial charge in [0.15, 0.2) is 0 Å². The lowest BCUT2D eigenvalue weighted by atomic mass is 9.94. The second kappa shape index (κ2) is 10.2. The number of anilines is 1. The molecule has 0 spiro atoms. The number of nitrogens with two attached hydrogens (primary N) is 1. The third-order valence-corrected chi connectivity index (χ3v) is 5.94. The number of aromatic nitrogens is 1. The number of nitrogens with one attached hydrogen (secondary N) is 1. The van der Waals surface area contributed by atoms with Crippen LogP contribution in [0, 0.1) is 0 Å². The van der Waals surface area contributed by atoms with E-state index in [0.717, 1.165) is 31.4 Å². The van der Waals surface area contributed by atoms with Crippen molar-refractivity contribution in [1.29, 1.82) is 0 Å². The van der Waals surface area contributed by atoms with E-state index in [4.69, 9.17) is 5.73 Å². The molecule has 0 saturated carbocycles. The van der Waals surface area contributed by atoms with Crippen LogP contribution in [-0.4, -0.2) is 28.2 Å². The van der Waals surface area contributed by atoms with Crippen molar-refractivity contribution in [2.45, 2.75) is 37.8 Å². The Morgan fingerprint density at radius 3 is 2.44 bits per heavy atom. The molecule has 2 heterocycles. The van der Waals surface area contributed by atoms with Gasteiger partial charge in [-0.2, -0.15) is 0 Å². The Hall–Kier alpha value is -3.51. The predicted octanol–water partition coefficient (Wildman–Crippen LogP) is 4.48. The van der Waals surface area contributed by atoms with Crippen LogP contribution in [0.15, 0.2) is 79.1 Å². The van der Waals surface area contributed by atoms with Crippen LogP contribution in [0.4, 0.5) is 5.69 Å². The maximum absolute atomic E-state index is 13.1. The van der Waals surface area contributed by atoms with Crippen LogP contribution < -0.4 is 11.1 Å². The average Bonchev–Trinajstić information content (AvgIpc) is 2.85. The molecule has 1 aromatic heterocycles.